The summed E-state index contributed by atoms with van der Waals surface area (Å²) in [4.78, 5) is 18.2. The van der Waals surface area contributed by atoms with Gasteiger partial charge in [0.25, 0.3) is 6.29 Å². The molecule has 250 valence electrons. The smallest absolute Gasteiger partial charge is 0.275 e. The Morgan fingerprint density at radius 1 is 1.04 bits per heavy atom. The van der Waals surface area contributed by atoms with Crippen molar-refractivity contribution in [1.29, 1.82) is 0 Å². The molecule has 0 radical (unpaired) electrons. The van der Waals surface area contributed by atoms with Gasteiger partial charge in [-0.1, -0.05) is 35.3 Å². The minimum Gasteiger partial charge on any atom is -0.504 e. The van der Waals surface area contributed by atoms with Crippen molar-refractivity contribution < 1.29 is 58.5 Å². The van der Waals surface area contributed by atoms with E-state index in [9.17, 15) is 34.7 Å². The normalized spacial score (nSPS) is 32.0. The molecule has 9 atom stereocenters. The highest BCUT2D eigenvalue weighted by Crippen LogP contribution is 2.35. The number of amides is 1. The number of phenols is 1. The Labute approximate surface area is 272 Å². The summed E-state index contributed by atoms with van der Waals surface area (Å²) in [5.41, 5.74) is 3.88. The Morgan fingerprint density at radius 2 is 1.76 bits per heavy atom. The summed E-state index contributed by atoms with van der Waals surface area (Å²) in [6.07, 6.45) is -9.98. The number of phenolic OH excluding ortho intramolecular Hbond substituents is 1. The van der Waals surface area contributed by atoms with Gasteiger partial charge in [-0.05, 0) is 55.3 Å². The molecular formula is C30H33Cl2FN2O11. The predicted octanol–water partition coefficient (Wildman–Crippen LogP) is 1.81. The number of ether oxygens (including phenoxy) is 4. The Hall–Kier alpha value is -3.18. The van der Waals surface area contributed by atoms with Crippen LogP contribution in [0, 0.1) is 0 Å². The third-order valence-corrected chi connectivity index (χ3v) is 8.37. The lowest BCUT2D eigenvalue weighted by molar-refractivity contribution is -0.155. The first-order valence-corrected chi connectivity index (χ1v) is 14.9. The second-order valence-electron chi connectivity index (χ2n) is 11.0. The third-order valence-electron chi connectivity index (χ3n) is 7.78. The van der Waals surface area contributed by atoms with Gasteiger partial charge in [0.15, 0.2) is 23.4 Å². The van der Waals surface area contributed by atoms with Crippen molar-refractivity contribution in [1.82, 2.24) is 10.8 Å². The molecule has 1 amide bonds. The number of allylic oxidation sites excluding steroid dienone is 1. The van der Waals surface area contributed by atoms with E-state index >= 15 is 0 Å². The van der Waals surface area contributed by atoms with Crippen LogP contribution in [0.1, 0.15) is 25.0 Å². The Bertz CT molecular complexity index is 1510. The molecule has 7 N–H and O–H groups in total. The molecule has 2 aliphatic heterocycles. The number of halogens is 3. The molecule has 0 aromatic heterocycles. The number of fused-ring (bicyclic) bond motifs is 1. The van der Waals surface area contributed by atoms with Crippen LogP contribution in [0.25, 0.3) is 6.08 Å². The van der Waals surface area contributed by atoms with E-state index in [0.717, 1.165) is 0 Å². The molecule has 2 aromatic carbocycles. The second-order valence-corrected chi connectivity index (χ2v) is 11.9. The number of hydrogen-bond acceptors (Lipinski definition) is 12. The number of aliphatic hydroxyl groups is 4. The highest BCUT2D eigenvalue weighted by Gasteiger charge is 2.53. The standard InChI is InChI=1S/C30H33Cl2FN2O11/c1-12(29(41)34-21-23(38)25(40)28-27(24(21)39)42-11-43-28)7-14-3-6-19(18(36)8-14)45-30-20(33)22(37)26(46-30)13(2)35-44-10-15-4-5-16(31)9-17(15)32/h3-9,20-25,27-28,30,35-40H,10-11H2,1-2H3,(H,34,41)/t20-,21-,22+,23+,24-,25-,27+,28-,30-/m1/s1. The van der Waals surface area contributed by atoms with E-state index in [0.29, 0.717) is 21.2 Å². The molecule has 3 aliphatic rings. The van der Waals surface area contributed by atoms with Crippen LogP contribution in [0.15, 0.2) is 53.4 Å². The maximum Gasteiger partial charge on any atom is 0.275 e. The van der Waals surface area contributed by atoms with Gasteiger partial charge in [-0.2, -0.15) is 0 Å². The molecule has 13 nitrogen and oxygen atoms in total. The van der Waals surface area contributed by atoms with Crippen LogP contribution in [0.2, 0.25) is 10.0 Å². The van der Waals surface area contributed by atoms with Crippen molar-refractivity contribution >= 4 is 35.2 Å². The van der Waals surface area contributed by atoms with Gasteiger partial charge in [0, 0.05) is 15.6 Å². The SMILES string of the molecule is CC(=Cc1ccc(O[C@@H]2OC(=C(C)NOCc3ccc(Cl)cc3Cl)[C@@H](O)[C@H]2F)c(O)c1)C(=O)N[C@@H]1[C@H](O)[C@@H](O)[C@H]2OCO[C@H]2[C@@H]1O. The number of nitrogens with one attached hydrogen (secondary N) is 2. The van der Waals surface area contributed by atoms with Crippen molar-refractivity contribution in [2.75, 3.05) is 6.79 Å². The lowest BCUT2D eigenvalue weighted by Crippen LogP contribution is -2.67. The average molecular weight is 688 g/mol. The van der Waals surface area contributed by atoms with Gasteiger partial charge in [-0.3, -0.25) is 15.1 Å². The maximum absolute atomic E-state index is 14.9. The fourth-order valence-electron chi connectivity index (χ4n) is 5.25. The molecule has 1 saturated carbocycles. The predicted molar refractivity (Wildman–Crippen MR) is 160 cm³/mol. The monoisotopic (exact) mass is 686 g/mol. The van der Waals surface area contributed by atoms with E-state index in [4.69, 9.17) is 47.0 Å². The fraction of sp³-hybridized carbons (Fsp3) is 0.433. The van der Waals surface area contributed by atoms with Gasteiger partial charge < -0.3 is 49.8 Å². The summed E-state index contributed by atoms with van der Waals surface area (Å²) in [7, 11) is 0. The molecule has 5 rings (SSSR count). The summed E-state index contributed by atoms with van der Waals surface area (Å²) >= 11 is 12.0. The Morgan fingerprint density at radius 3 is 2.46 bits per heavy atom. The molecule has 46 heavy (non-hydrogen) atoms. The van der Waals surface area contributed by atoms with E-state index in [1.54, 1.807) is 18.2 Å². The molecule has 16 heteroatoms. The first kappa shape index (κ1) is 34.2. The van der Waals surface area contributed by atoms with Gasteiger partial charge in [0.1, 0.15) is 43.9 Å². The molecule has 0 spiro atoms. The van der Waals surface area contributed by atoms with E-state index in [2.05, 4.69) is 10.8 Å². The molecule has 2 heterocycles. The number of hydroxylamine groups is 1. The topological polar surface area (TPSA) is 188 Å². The summed E-state index contributed by atoms with van der Waals surface area (Å²) in [6, 6.07) is 7.70. The summed E-state index contributed by atoms with van der Waals surface area (Å²) in [5.74, 6) is -1.39. The highest BCUT2D eigenvalue weighted by atomic mass is 35.5. The second kappa shape index (κ2) is 14.3. The number of rotatable bonds is 9. The Balaban J connectivity index is 1.18. The quantitative estimate of drug-likeness (QED) is 0.150. The van der Waals surface area contributed by atoms with Crippen molar-refractivity contribution in [3.05, 3.63) is 74.6 Å². The molecule has 2 aromatic rings. The van der Waals surface area contributed by atoms with Crippen molar-refractivity contribution in [3.63, 3.8) is 0 Å². The molecular weight excluding hydrogens is 654 g/mol. The van der Waals surface area contributed by atoms with Crippen LogP contribution in [-0.4, -0.2) is 93.4 Å². The number of hydrogen-bond donors (Lipinski definition) is 7. The summed E-state index contributed by atoms with van der Waals surface area (Å²) < 4.78 is 36.4. The minimum atomic E-state index is -2.01. The van der Waals surface area contributed by atoms with E-state index < -0.39 is 66.8 Å². The number of carbonyl (C=O) groups excluding carboxylic acids is 1. The fourth-order valence-corrected chi connectivity index (χ4v) is 5.71. The number of benzene rings is 2. The summed E-state index contributed by atoms with van der Waals surface area (Å²) in [5, 5.41) is 55.7. The highest BCUT2D eigenvalue weighted by molar-refractivity contribution is 6.35. The van der Waals surface area contributed by atoms with Crippen LogP contribution < -0.4 is 15.5 Å². The van der Waals surface area contributed by atoms with Crippen molar-refractivity contribution in [2.45, 2.75) is 75.6 Å². The van der Waals surface area contributed by atoms with Gasteiger partial charge in [-0.15, -0.1) is 0 Å². The minimum absolute atomic E-state index is 0.0321. The zero-order valence-electron chi connectivity index (χ0n) is 24.5. The van der Waals surface area contributed by atoms with E-state index in [1.807, 2.05) is 0 Å². The molecule has 0 bridgehead atoms. The van der Waals surface area contributed by atoms with E-state index in [-0.39, 0.29) is 36.2 Å². The molecule has 0 unspecified atom stereocenters. The zero-order chi connectivity index (χ0) is 33.3. The van der Waals surface area contributed by atoms with Gasteiger partial charge in [-0.25, -0.2) is 4.39 Å². The average Bonchev–Trinajstić information content (AvgIpc) is 3.62. The van der Waals surface area contributed by atoms with Crippen LogP contribution in [0.3, 0.4) is 0 Å². The number of carbonyl (C=O) groups is 1. The zero-order valence-corrected chi connectivity index (χ0v) is 26.0. The van der Waals surface area contributed by atoms with Gasteiger partial charge >= 0.3 is 0 Å². The van der Waals surface area contributed by atoms with Crippen LogP contribution >= 0.6 is 23.2 Å². The van der Waals surface area contributed by atoms with Crippen LogP contribution in [0.5, 0.6) is 11.5 Å². The van der Waals surface area contributed by atoms with E-state index in [1.165, 1.54) is 38.1 Å². The first-order chi connectivity index (χ1) is 21.8. The Kier molecular flexibility index (Phi) is 10.6. The number of aliphatic hydroxyl groups excluding tert-OH is 4. The van der Waals surface area contributed by atoms with Crippen LogP contribution in [-0.2, 0) is 30.4 Å². The van der Waals surface area contributed by atoms with Gasteiger partial charge in [0.2, 0.25) is 12.1 Å². The lowest BCUT2D eigenvalue weighted by Gasteiger charge is -2.41. The van der Waals surface area contributed by atoms with Crippen molar-refractivity contribution in [3.8, 4) is 11.5 Å². The maximum atomic E-state index is 14.9. The summed E-state index contributed by atoms with van der Waals surface area (Å²) in [6.45, 7) is 2.83. The largest absolute Gasteiger partial charge is 0.504 e. The molecule has 3 fully saturated rings. The molecule has 2 saturated heterocycles. The number of alkyl halides is 1. The molecule has 1 aliphatic carbocycles. The lowest BCUT2D eigenvalue weighted by atomic mass is 9.83. The first-order valence-electron chi connectivity index (χ1n) is 14.1. The van der Waals surface area contributed by atoms with Gasteiger partial charge in [0.05, 0.1) is 11.7 Å². The van der Waals surface area contributed by atoms with Crippen molar-refractivity contribution in [2.24, 2.45) is 0 Å². The third kappa shape index (κ3) is 7.20. The number of aromatic hydroxyl groups is 1. The van der Waals surface area contributed by atoms with Crippen LogP contribution in [0.4, 0.5) is 4.39 Å².